The first kappa shape index (κ1) is 17.5. The summed E-state index contributed by atoms with van der Waals surface area (Å²) in [4.78, 5) is 14.6. The summed E-state index contributed by atoms with van der Waals surface area (Å²) in [5, 5.41) is 3.95. The fraction of sp³-hybridized carbons (Fsp3) is 0.278. The normalized spacial score (nSPS) is 17.1. The molecule has 1 aliphatic rings. The van der Waals surface area contributed by atoms with Crippen molar-refractivity contribution < 1.29 is 4.79 Å². The van der Waals surface area contributed by atoms with E-state index in [4.69, 9.17) is 23.2 Å². The van der Waals surface area contributed by atoms with Gasteiger partial charge in [0, 0.05) is 23.5 Å². The number of nitrogens with one attached hydrogen (secondary N) is 1. The van der Waals surface area contributed by atoms with Crippen LogP contribution < -0.4 is 5.32 Å². The van der Waals surface area contributed by atoms with Gasteiger partial charge in [0.2, 0.25) is 0 Å². The minimum absolute atomic E-state index is 0.109. The summed E-state index contributed by atoms with van der Waals surface area (Å²) in [5.41, 5.74) is 2.86. The van der Waals surface area contributed by atoms with Gasteiger partial charge in [0.05, 0.1) is 10.0 Å². The molecule has 3 rings (SSSR count). The number of amides is 2. The number of carbonyl (C=O) groups excluding carboxylic acids is 1. The summed E-state index contributed by atoms with van der Waals surface area (Å²) in [7, 11) is 0. The fourth-order valence-electron chi connectivity index (χ4n) is 2.78. The molecule has 0 spiro atoms. The van der Waals surface area contributed by atoms with Crippen molar-refractivity contribution in [3.63, 3.8) is 0 Å². The highest BCUT2D eigenvalue weighted by Crippen LogP contribution is 2.42. The van der Waals surface area contributed by atoms with Crippen LogP contribution in [0.15, 0.2) is 42.5 Å². The predicted octanol–water partition coefficient (Wildman–Crippen LogP) is 5.84. The van der Waals surface area contributed by atoms with E-state index in [1.54, 1.807) is 17.8 Å². The largest absolute Gasteiger partial charge is 0.323 e. The number of anilines is 1. The molecule has 2 aromatic rings. The Kier molecular flexibility index (Phi) is 5.59. The lowest BCUT2D eigenvalue weighted by Crippen LogP contribution is -2.34. The van der Waals surface area contributed by atoms with Crippen molar-refractivity contribution in [2.24, 2.45) is 0 Å². The number of rotatable bonds is 3. The summed E-state index contributed by atoms with van der Waals surface area (Å²) < 4.78 is 0. The van der Waals surface area contributed by atoms with Crippen LogP contribution in [0.25, 0.3) is 0 Å². The van der Waals surface area contributed by atoms with Crippen LogP contribution in [0.5, 0.6) is 0 Å². The minimum Gasteiger partial charge on any atom is -0.308 e. The standard InChI is InChI=1S/C18H18Cl2N2OS/c1-2-12-6-3-4-9-15(12)21-18(23)22-10-11-24-17(22)13-7-5-8-14(19)16(13)20/h3-9,17H,2,10-11H2,1H3,(H,21,23)/t17-/m0/s1. The van der Waals surface area contributed by atoms with Gasteiger partial charge in [-0.05, 0) is 24.1 Å². The molecule has 0 aliphatic carbocycles. The molecule has 2 amide bonds. The van der Waals surface area contributed by atoms with Gasteiger partial charge >= 0.3 is 6.03 Å². The Hall–Kier alpha value is -1.36. The van der Waals surface area contributed by atoms with E-state index in [9.17, 15) is 4.79 Å². The lowest BCUT2D eigenvalue weighted by molar-refractivity contribution is 0.214. The number of aryl methyl sites for hydroxylation is 1. The molecule has 6 heteroatoms. The number of nitrogens with zero attached hydrogens (tertiary/aromatic N) is 1. The van der Waals surface area contributed by atoms with E-state index in [1.165, 1.54) is 0 Å². The van der Waals surface area contributed by atoms with Crippen LogP contribution in [0.4, 0.5) is 10.5 Å². The maximum absolute atomic E-state index is 12.8. The number of urea groups is 1. The summed E-state index contributed by atoms with van der Waals surface area (Å²) in [5.74, 6) is 0.871. The Morgan fingerprint density at radius 1 is 1.25 bits per heavy atom. The number of para-hydroxylation sites is 1. The highest BCUT2D eigenvalue weighted by Gasteiger charge is 2.32. The van der Waals surface area contributed by atoms with E-state index in [0.29, 0.717) is 16.6 Å². The Morgan fingerprint density at radius 2 is 2.04 bits per heavy atom. The van der Waals surface area contributed by atoms with Gasteiger partial charge in [-0.25, -0.2) is 4.79 Å². The number of thioether (sulfide) groups is 1. The summed E-state index contributed by atoms with van der Waals surface area (Å²) in [6.07, 6.45) is 0.870. The predicted molar refractivity (Wildman–Crippen MR) is 103 cm³/mol. The topological polar surface area (TPSA) is 32.3 Å². The molecule has 1 saturated heterocycles. The van der Waals surface area contributed by atoms with Crippen LogP contribution in [0.2, 0.25) is 10.0 Å². The third kappa shape index (κ3) is 3.51. The van der Waals surface area contributed by atoms with Crippen molar-refractivity contribution in [2.45, 2.75) is 18.7 Å². The van der Waals surface area contributed by atoms with Crippen LogP contribution in [-0.4, -0.2) is 23.2 Å². The summed E-state index contributed by atoms with van der Waals surface area (Å²) >= 11 is 14.2. The lowest BCUT2D eigenvalue weighted by Gasteiger charge is -2.25. The Balaban J connectivity index is 1.82. The second-order valence-electron chi connectivity index (χ2n) is 5.50. The molecular formula is C18H18Cl2N2OS. The van der Waals surface area contributed by atoms with Crippen molar-refractivity contribution in [1.29, 1.82) is 0 Å². The minimum atomic E-state index is -0.120. The van der Waals surface area contributed by atoms with Crippen molar-refractivity contribution in [3.05, 3.63) is 63.6 Å². The molecule has 0 bridgehead atoms. The number of carbonyl (C=O) groups is 1. The van der Waals surface area contributed by atoms with E-state index < -0.39 is 0 Å². The molecule has 0 saturated carbocycles. The zero-order valence-corrected chi connectivity index (χ0v) is 15.6. The first-order valence-corrected chi connectivity index (χ1v) is 9.63. The average molecular weight is 381 g/mol. The third-order valence-electron chi connectivity index (χ3n) is 4.04. The van der Waals surface area contributed by atoms with Crippen LogP contribution in [-0.2, 0) is 6.42 Å². The third-order valence-corrected chi connectivity index (χ3v) is 6.12. The smallest absolute Gasteiger partial charge is 0.308 e. The van der Waals surface area contributed by atoms with E-state index in [2.05, 4.69) is 12.2 Å². The van der Waals surface area contributed by atoms with Crippen molar-refractivity contribution >= 4 is 46.7 Å². The van der Waals surface area contributed by atoms with Gasteiger partial charge in [-0.15, -0.1) is 11.8 Å². The molecule has 0 aromatic heterocycles. The first-order valence-electron chi connectivity index (χ1n) is 7.83. The summed E-state index contributed by atoms with van der Waals surface area (Å²) in [6.45, 7) is 2.75. The monoisotopic (exact) mass is 380 g/mol. The molecule has 3 nitrogen and oxygen atoms in total. The quantitative estimate of drug-likeness (QED) is 0.725. The fourth-order valence-corrected chi connectivity index (χ4v) is 4.54. The second kappa shape index (κ2) is 7.68. The van der Waals surface area contributed by atoms with Crippen LogP contribution >= 0.6 is 35.0 Å². The first-order chi connectivity index (χ1) is 11.6. The molecular weight excluding hydrogens is 363 g/mol. The van der Waals surface area contributed by atoms with Crippen molar-refractivity contribution in [2.75, 3.05) is 17.6 Å². The molecule has 1 heterocycles. The number of benzene rings is 2. The van der Waals surface area contributed by atoms with Crippen LogP contribution in [0.3, 0.4) is 0 Å². The van der Waals surface area contributed by atoms with Crippen LogP contribution in [0.1, 0.15) is 23.4 Å². The zero-order valence-electron chi connectivity index (χ0n) is 13.3. The molecule has 1 atom stereocenters. The van der Waals surface area contributed by atoms with E-state index in [1.807, 2.05) is 41.3 Å². The van der Waals surface area contributed by atoms with Gasteiger partial charge in [-0.1, -0.05) is 60.5 Å². The highest BCUT2D eigenvalue weighted by atomic mass is 35.5. The SMILES string of the molecule is CCc1ccccc1NC(=O)N1CCS[C@H]1c1cccc(Cl)c1Cl. The molecule has 126 valence electrons. The Bertz CT molecular complexity index is 754. The van der Waals surface area contributed by atoms with Crippen molar-refractivity contribution in [3.8, 4) is 0 Å². The summed E-state index contributed by atoms with van der Waals surface area (Å²) in [6, 6.07) is 13.3. The molecule has 1 N–H and O–H groups in total. The van der Waals surface area contributed by atoms with E-state index in [-0.39, 0.29) is 11.4 Å². The molecule has 24 heavy (non-hydrogen) atoms. The highest BCUT2D eigenvalue weighted by molar-refractivity contribution is 7.99. The molecule has 1 aliphatic heterocycles. The molecule has 0 unspecified atom stereocenters. The van der Waals surface area contributed by atoms with Gasteiger partial charge in [-0.3, -0.25) is 0 Å². The number of hydrogen-bond acceptors (Lipinski definition) is 2. The van der Waals surface area contributed by atoms with Crippen LogP contribution in [0, 0.1) is 0 Å². The van der Waals surface area contributed by atoms with Gasteiger partial charge in [0.15, 0.2) is 0 Å². The van der Waals surface area contributed by atoms with Gasteiger partial charge < -0.3 is 10.2 Å². The Morgan fingerprint density at radius 3 is 2.83 bits per heavy atom. The van der Waals surface area contributed by atoms with E-state index in [0.717, 1.165) is 29.0 Å². The van der Waals surface area contributed by atoms with Crippen molar-refractivity contribution in [1.82, 2.24) is 4.90 Å². The van der Waals surface area contributed by atoms with Gasteiger partial charge in [0.25, 0.3) is 0 Å². The van der Waals surface area contributed by atoms with Gasteiger partial charge in [-0.2, -0.15) is 0 Å². The Labute approximate surface area is 156 Å². The lowest BCUT2D eigenvalue weighted by atomic mass is 10.1. The van der Waals surface area contributed by atoms with E-state index >= 15 is 0 Å². The molecule has 1 fully saturated rings. The maximum Gasteiger partial charge on any atom is 0.323 e. The average Bonchev–Trinajstić information content (AvgIpc) is 3.07. The molecule has 0 radical (unpaired) electrons. The number of halogens is 2. The zero-order chi connectivity index (χ0) is 17.1. The maximum atomic E-state index is 12.8. The molecule has 2 aromatic carbocycles. The van der Waals surface area contributed by atoms with Gasteiger partial charge in [0.1, 0.15) is 5.37 Å². The second-order valence-corrected chi connectivity index (χ2v) is 7.47. The number of hydrogen-bond donors (Lipinski definition) is 1.